The molecule has 0 bridgehead atoms. The van der Waals surface area contributed by atoms with Crippen molar-refractivity contribution in [2.45, 2.75) is 59.1 Å². The molecular formula is C10H21ErNO. The number of rotatable bonds is 4. The zero-order chi connectivity index (χ0) is 9.78. The molecule has 0 amide bonds. The fraction of sp³-hybridized carbons (Fsp3) is 0.900. The molecular weight excluding hydrogens is 317 g/mol. The molecule has 0 aromatic carbocycles. The number of nitrogens with zero attached hydrogens (tertiary/aromatic N) is 1. The normalized spacial score (nSPS) is 13.0. The molecule has 2 nitrogen and oxygen atoms in total. The maximum Gasteiger partial charge on any atom is 0.101 e. The van der Waals surface area contributed by atoms with E-state index >= 15 is 0 Å². The maximum absolute atomic E-state index is 10.0. The van der Waals surface area contributed by atoms with Crippen molar-refractivity contribution in [3.63, 3.8) is 0 Å². The Bertz CT molecular complexity index is 162. The van der Waals surface area contributed by atoms with Gasteiger partial charge in [-0.2, -0.15) is 0 Å². The van der Waals surface area contributed by atoms with E-state index in [1.807, 2.05) is 34.6 Å². The Hall–Kier alpha value is 0.877. The van der Waals surface area contributed by atoms with Gasteiger partial charge in [0.25, 0.3) is 0 Å². The summed E-state index contributed by atoms with van der Waals surface area (Å²) in [5.74, 6) is 0. The molecule has 0 radical (unpaired) electrons. The van der Waals surface area contributed by atoms with Crippen LogP contribution in [0.5, 0.6) is 0 Å². The van der Waals surface area contributed by atoms with Gasteiger partial charge in [-0.25, -0.2) is 0 Å². The Balaban J connectivity index is 0. The van der Waals surface area contributed by atoms with Crippen molar-refractivity contribution < 1.29 is 42.4 Å². The first kappa shape index (κ1) is 16.3. The molecule has 0 fully saturated rings. The zero-order valence-electron chi connectivity index (χ0n) is 9.17. The van der Waals surface area contributed by atoms with E-state index in [1.54, 1.807) is 0 Å². The summed E-state index contributed by atoms with van der Waals surface area (Å²) in [4.78, 5) is 4.36. The summed E-state index contributed by atoms with van der Waals surface area (Å²) in [6.07, 6.45) is 1.48. The molecule has 0 atom stereocenters. The number of hydrogen-bond acceptors (Lipinski definition) is 2. The smallest absolute Gasteiger partial charge is 0.101 e. The molecule has 0 aliphatic carbocycles. The third-order valence-electron chi connectivity index (χ3n) is 2.30. The summed E-state index contributed by atoms with van der Waals surface area (Å²) in [6, 6.07) is 0.273. The van der Waals surface area contributed by atoms with Crippen LogP contribution in [0.2, 0.25) is 0 Å². The minimum atomic E-state index is -0.676. The first-order valence-corrected chi connectivity index (χ1v) is 4.73. The van der Waals surface area contributed by atoms with Gasteiger partial charge in [-0.15, -0.1) is 0 Å². The van der Waals surface area contributed by atoms with Crippen molar-refractivity contribution in [3.05, 3.63) is 0 Å². The fourth-order valence-electron chi connectivity index (χ4n) is 1.27. The summed E-state index contributed by atoms with van der Waals surface area (Å²) >= 11 is 0. The molecule has 0 rings (SSSR count). The van der Waals surface area contributed by atoms with E-state index in [9.17, 15) is 5.11 Å². The van der Waals surface area contributed by atoms with Crippen molar-refractivity contribution in [1.82, 2.24) is 0 Å². The van der Waals surface area contributed by atoms with Crippen molar-refractivity contribution in [2.75, 3.05) is 0 Å². The molecule has 84 valence electrons. The van der Waals surface area contributed by atoms with Crippen molar-refractivity contribution in [1.29, 1.82) is 0 Å². The molecule has 0 heterocycles. The second kappa shape index (κ2) is 7.21. The van der Waals surface area contributed by atoms with Crippen LogP contribution in [0.25, 0.3) is 0 Å². The van der Waals surface area contributed by atoms with Gasteiger partial charge in [0.2, 0.25) is 0 Å². The third-order valence-corrected chi connectivity index (χ3v) is 2.30. The Morgan fingerprint density at radius 2 is 1.69 bits per heavy atom. The average molecular weight is 339 g/mol. The topological polar surface area (TPSA) is 32.6 Å². The number of aliphatic hydroxyl groups is 1. The Morgan fingerprint density at radius 3 is 1.92 bits per heavy atom. The van der Waals surface area contributed by atoms with Crippen LogP contribution in [-0.2, 0) is 0 Å². The Labute approximate surface area is 111 Å². The molecule has 13 heavy (non-hydrogen) atoms. The average Bonchev–Trinajstić information content (AvgIpc) is 2.02. The van der Waals surface area contributed by atoms with Gasteiger partial charge in [0.05, 0.1) is 0 Å². The number of aliphatic imine (C=N–C) groups is 1. The molecule has 0 unspecified atom stereocenters. The number of hydrogen-bond donors (Lipinski definition) is 1. The summed E-state index contributed by atoms with van der Waals surface area (Å²) in [6.45, 7) is 9.93. The van der Waals surface area contributed by atoms with E-state index in [0.29, 0.717) is 0 Å². The molecule has 0 saturated carbocycles. The van der Waals surface area contributed by atoms with E-state index in [2.05, 4.69) is 4.99 Å². The van der Waals surface area contributed by atoms with Crippen molar-refractivity contribution >= 4 is 5.71 Å². The van der Waals surface area contributed by atoms with E-state index in [4.69, 9.17) is 0 Å². The summed E-state index contributed by atoms with van der Waals surface area (Å²) in [5.41, 5.74) is 0.187. The zero-order valence-corrected chi connectivity index (χ0v) is 11.0. The van der Waals surface area contributed by atoms with Gasteiger partial charge in [0.15, 0.2) is 0 Å². The SMILES string of the molecule is CCC(O)(CC)C(C)=NC(C)C.[Er]. The summed E-state index contributed by atoms with van der Waals surface area (Å²) in [7, 11) is 0. The van der Waals surface area contributed by atoms with Gasteiger partial charge in [0, 0.05) is 49.1 Å². The Morgan fingerprint density at radius 1 is 1.31 bits per heavy atom. The Kier molecular flexibility index (Phi) is 9.04. The van der Waals surface area contributed by atoms with Crippen LogP contribution in [0.4, 0.5) is 0 Å². The molecule has 0 aliphatic heterocycles. The first-order valence-electron chi connectivity index (χ1n) is 4.73. The first-order chi connectivity index (χ1) is 5.46. The molecule has 0 aliphatic rings. The standard InChI is InChI=1S/C10H21NO.Er/c1-6-10(12,7-2)9(5)11-8(3)4;/h8,12H,6-7H2,1-5H3;. The molecule has 0 spiro atoms. The van der Waals surface area contributed by atoms with Crippen LogP contribution < -0.4 is 0 Å². The second-order valence-corrected chi connectivity index (χ2v) is 3.55. The van der Waals surface area contributed by atoms with Crippen molar-refractivity contribution in [2.24, 2.45) is 4.99 Å². The van der Waals surface area contributed by atoms with Crippen molar-refractivity contribution in [3.8, 4) is 0 Å². The van der Waals surface area contributed by atoms with Crippen LogP contribution >= 0.6 is 0 Å². The monoisotopic (exact) mass is 337 g/mol. The molecule has 0 saturated heterocycles. The fourth-order valence-corrected chi connectivity index (χ4v) is 1.27. The van der Waals surface area contributed by atoms with Gasteiger partial charge in [-0.3, -0.25) is 4.99 Å². The van der Waals surface area contributed by atoms with E-state index in [1.165, 1.54) is 0 Å². The van der Waals surface area contributed by atoms with Crippen LogP contribution in [0, 0.1) is 37.3 Å². The largest absolute Gasteiger partial charge is 0.384 e. The van der Waals surface area contributed by atoms with Gasteiger partial charge in [-0.05, 0) is 33.6 Å². The van der Waals surface area contributed by atoms with Gasteiger partial charge < -0.3 is 5.11 Å². The quantitative estimate of drug-likeness (QED) is 0.785. The minimum Gasteiger partial charge on any atom is -0.384 e. The predicted octanol–water partition coefficient (Wildman–Crippen LogP) is 2.41. The molecule has 3 heteroatoms. The van der Waals surface area contributed by atoms with E-state index in [0.717, 1.165) is 18.6 Å². The molecule has 0 aromatic heterocycles. The van der Waals surface area contributed by atoms with Gasteiger partial charge >= 0.3 is 0 Å². The van der Waals surface area contributed by atoms with Crippen LogP contribution in [0.15, 0.2) is 4.99 Å². The third kappa shape index (κ3) is 5.35. The summed E-state index contributed by atoms with van der Waals surface area (Å²) in [5, 5.41) is 10.0. The van der Waals surface area contributed by atoms with Crippen LogP contribution in [0.3, 0.4) is 0 Å². The molecule has 1 N–H and O–H groups in total. The maximum atomic E-state index is 10.0. The van der Waals surface area contributed by atoms with E-state index < -0.39 is 5.60 Å². The molecule has 0 aromatic rings. The predicted molar refractivity (Wildman–Crippen MR) is 53.8 cm³/mol. The second-order valence-electron chi connectivity index (χ2n) is 3.55. The minimum absolute atomic E-state index is 0. The van der Waals surface area contributed by atoms with Gasteiger partial charge in [0.1, 0.15) is 5.60 Å². The van der Waals surface area contributed by atoms with Gasteiger partial charge in [-0.1, -0.05) is 13.8 Å². The van der Waals surface area contributed by atoms with E-state index in [-0.39, 0.29) is 43.3 Å². The van der Waals surface area contributed by atoms with Crippen LogP contribution in [-0.4, -0.2) is 22.5 Å². The summed E-state index contributed by atoms with van der Waals surface area (Å²) < 4.78 is 0. The van der Waals surface area contributed by atoms with Crippen LogP contribution in [0.1, 0.15) is 47.5 Å².